The fraction of sp³-hybridized carbons (Fsp3) is 0.440. The van der Waals surface area contributed by atoms with Crippen molar-refractivity contribution in [2.45, 2.75) is 51.0 Å². The van der Waals surface area contributed by atoms with Crippen molar-refractivity contribution in [3.63, 3.8) is 0 Å². The minimum absolute atomic E-state index is 0.0476. The van der Waals surface area contributed by atoms with Gasteiger partial charge in [0, 0.05) is 36.0 Å². The Morgan fingerprint density at radius 3 is 2.54 bits per heavy atom. The molecule has 3 fully saturated rings. The lowest BCUT2D eigenvalue weighted by atomic mass is 10.1. The molecule has 3 aliphatic rings. The average Bonchev–Trinajstić information content (AvgIpc) is 3.38. The lowest BCUT2D eigenvalue weighted by Crippen LogP contribution is -2.23. The van der Waals surface area contributed by atoms with Gasteiger partial charge in [0.15, 0.2) is 15.5 Å². The van der Waals surface area contributed by atoms with Crippen LogP contribution in [0.15, 0.2) is 30.3 Å². The number of hydrogen-bond donors (Lipinski definition) is 1. The number of aryl methyl sites for hydroxylation is 1. The maximum atomic E-state index is 13.5. The molecule has 2 aliphatic heterocycles. The number of nitrogens with zero attached hydrogens (tertiary/aromatic N) is 4. The summed E-state index contributed by atoms with van der Waals surface area (Å²) in [6.45, 7) is 2.55. The summed E-state index contributed by atoms with van der Waals surface area (Å²) in [5, 5.41) is 8.29. The van der Waals surface area contributed by atoms with Crippen LogP contribution in [-0.4, -0.2) is 53.0 Å². The lowest BCUT2D eigenvalue weighted by Gasteiger charge is -2.16. The predicted molar refractivity (Wildman–Crippen MR) is 133 cm³/mol. The Balaban J connectivity index is 1.34. The number of pyridine rings is 1. The summed E-state index contributed by atoms with van der Waals surface area (Å²) < 4.78 is 25.9. The first kappa shape index (κ1) is 22.2. The van der Waals surface area contributed by atoms with Crippen molar-refractivity contribution in [3.8, 4) is 0 Å². The van der Waals surface area contributed by atoms with E-state index in [4.69, 9.17) is 4.98 Å². The number of amides is 2. The summed E-state index contributed by atoms with van der Waals surface area (Å²) in [6, 6.07) is 8.89. The van der Waals surface area contributed by atoms with E-state index in [0.29, 0.717) is 46.7 Å². The van der Waals surface area contributed by atoms with Crippen LogP contribution >= 0.6 is 0 Å². The topological polar surface area (TPSA) is 114 Å². The van der Waals surface area contributed by atoms with Crippen molar-refractivity contribution in [1.29, 1.82) is 0 Å². The number of aromatic nitrogens is 3. The number of benzene rings is 1. The highest BCUT2D eigenvalue weighted by molar-refractivity contribution is 7.91. The van der Waals surface area contributed by atoms with Crippen LogP contribution in [0.2, 0.25) is 0 Å². The van der Waals surface area contributed by atoms with Gasteiger partial charge in [0.1, 0.15) is 0 Å². The lowest BCUT2D eigenvalue weighted by molar-refractivity contribution is -0.117. The number of anilines is 2. The second-order valence-electron chi connectivity index (χ2n) is 9.80. The molecule has 2 saturated heterocycles. The van der Waals surface area contributed by atoms with E-state index in [9.17, 15) is 18.0 Å². The number of carbonyl (C=O) groups excluding carboxylic acids is 2. The number of hydrogen-bond acceptors (Lipinski definition) is 6. The fourth-order valence-electron chi connectivity index (χ4n) is 5.17. The van der Waals surface area contributed by atoms with E-state index in [1.165, 1.54) is 0 Å². The van der Waals surface area contributed by atoms with E-state index in [0.717, 1.165) is 37.2 Å². The molecular formula is C25H27N5O4S. The van der Waals surface area contributed by atoms with Crippen LogP contribution in [0, 0.1) is 6.92 Å². The molecule has 1 unspecified atom stereocenters. The summed E-state index contributed by atoms with van der Waals surface area (Å²) >= 11 is 0. The molecule has 182 valence electrons. The molecule has 4 heterocycles. The summed E-state index contributed by atoms with van der Waals surface area (Å²) in [4.78, 5) is 32.1. The zero-order valence-corrected chi connectivity index (χ0v) is 20.3. The maximum absolute atomic E-state index is 13.5. The number of sulfone groups is 1. The monoisotopic (exact) mass is 493 g/mol. The molecule has 10 heteroatoms. The Bertz CT molecular complexity index is 1460. The molecule has 1 aromatic carbocycles. The van der Waals surface area contributed by atoms with Gasteiger partial charge in [-0.05, 0) is 62.9 Å². The van der Waals surface area contributed by atoms with Crippen molar-refractivity contribution in [2.24, 2.45) is 0 Å². The molecule has 0 spiro atoms. The van der Waals surface area contributed by atoms with Gasteiger partial charge in [0.05, 0.1) is 34.2 Å². The van der Waals surface area contributed by atoms with E-state index in [1.54, 1.807) is 21.7 Å². The largest absolute Gasteiger partial charge is 0.322 e. The van der Waals surface area contributed by atoms with Gasteiger partial charge in [0.2, 0.25) is 5.91 Å². The number of rotatable bonds is 5. The van der Waals surface area contributed by atoms with Crippen LogP contribution in [-0.2, 0) is 14.6 Å². The first-order valence-electron chi connectivity index (χ1n) is 12.1. The average molecular weight is 494 g/mol. The normalized spacial score (nSPS) is 21.7. The third-order valence-corrected chi connectivity index (χ3v) is 8.91. The molecule has 0 bridgehead atoms. The zero-order chi connectivity index (χ0) is 24.3. The van der Waals surface area contributed by atoms with Gasteiger partial charge >= 0.3 is 0 Å². The molecule has 1 saturated carbocycles. The predicted octanol–water partition coefficient (Wildman–Crippen LogP) is 3.36. The molecule has 6 rings (SSSR count). The second kappa shape index (κ2) is 8.15. The Hall–Kier alpha value is -3.27. The van der Waals surface area contributed by atoms with E-state index in [1.807, 2.05) is 25.1 Å². The van der Waals surface area contributed by atoms with Gasteiger partial charge in [-0.1, -0.05) is 0 Å². The van der Waals surface area contributed by atoms with E-state index in [2.05, 4.69) is 10.4 Å². The standard InChI is InChI=1S/C25H27N5O4S/c1-15-23-20(25(32)26-17-6-8-18(9-7-17)29-11-2-3-22(29)31)13-21(16-4-5-16)27-24(23)30(28-15)19-10-12-35(33,34)14-19/h6-9,13,16,19H,2-5,10-12,14H2,1H3,(H,26,32). The van der Waals surface area contributed by atoms with Gasteiger partial charge in [-0.3, -0.25) is 9.59 Å². The molecule has 1 N–H and O–H groups in total. The summed E-state index contributed by atoms with van der Waals surface area (Å²) in [5.41, 5.74) is 4.06. The minimum atomic E-state index is -3.09. The van der Waals surface area contributed by atoms with Crippen molar-refractivity contribution < 1.29 is 18.0 Å². The van der Waals surface area contributed by atoms with Gasteiger partial charge in [0.25, 0.3) is 5.91 Å². The van der Waals surface area contributed by atoms with Crippen molar-refractivity contribution in [1.82, 2.24) is 14.8 Å². The van der Waals surface area contributed by atoms with E-state index < -0.39 is 9.84 Å². The van der Waals surface area contributed by atoms with Crippen LogP contribution in [0.4, 0.5) is 11.4 Å². The third kappa shape index (κ3) is 4.09. The zero-order valence-electron chi connectivity index (χ0n) is 19.5. The smallest absolute Gasteiger partial charge is 0.256 e. The highest BCUT2D eigenvalue weighted by Crippen LogP contribution is 2.41. The highest BCUT2D eigenvalue weighted by atomic mass is 32.2. The quantitative estimate of drug-likeness (QED) is 0.583. The third-order valence-electron chi connectivity index (χ3n) is 7.16. The summed E-state index contributed by atoms with van der Waals surface area (Å²) in [5.74, 6) is 0.375. The number of nitrogens with one attached hydrogen (secondary N) is 1. The Morgan fingerprint density at radius 2 is 1.91 bits per heavy atom. The van der Waals surface area contributed by atoms with Gasteiger partial charge in [-0.2, -0.15) is 5.10 Å². The van der Waals surface area contributed by atoms with Crippen LogP contribution in [0.3, 0.4) is 0 Å². The van der Waals surface area contributed by atoms with Gasteiger partial charge in [-0.15, -0.1) is 0 Å². The molecule has 0 radical (unpaired) electrons. The Morgan fingerprint density at radius 1 is 1.14 bits per heavy atom. The van der Waals surface area contributed by atoms with Gasteiger partial charge in [-0.25, -0.2) is 18.1 Å². The molecule has 9 nitrogen and oxygen atoms in total. The molecule has 35 heavy (non-hydrogen) atoms. The van der Waals surface area contributed by atoms with Crippen molar-refractivity contribution in [3.05, 3.63) is 47.3 Å². The van der Waals surface area contributed by atoms with E-state index in [-0.39, 0.29) is 29.4 Å². The number of fused-ring (bicyclic) bond motifs is 1. The molecule has 2 amide bonds. The number of carbonyl (C=O) groups is 2. The second-order valence-corrected chi connectivity index (χ2v) is 12.0. The van der Waals surface area contributed by atoms with Crippen molar-refractivity contribution in [2.75, 3.05) is 28.3 Å². The van der Waals surface area contributed by atoms with Crippen molar-refractivity contribution >= 4 is 44.1 Å². The Kier molecular flexibility index (Phi) is 5.17. The SMILES string of the molecule is Cc1nn(C2CCS(=O)(=O)C2)c2nc(C3CC3)cc(C(=O)Nc3ccc(N4CCCC4=O)cc3)c12. The molecule has 1 atom stereocenters. The first-order chi connectivity index (χ1) is 16.8. The fourth-order valence-corrected chi connectivity index (χ4v) is 6.86. The van der Waals surface area contributed by atoms with Crippen LogP contribution in [0.5, 0.6) is 0 Å². The minimum Gasteiger partial charge on any atom is -0.322 e. The van der Waals surface area contributed by atoms with E-state index >= 15 is 0 Å². The molecule has 2 aromatic heterocycles. The maximum Gasteiger partial charge on any atom is 0.256 e. The first-order valence-corrected chi connectivity index (χ1v) is 13.9. The Labute approximate surface area is 203 Å². The van der Waals surface area contributed by atoms with Crippen LogP contribution in [0.25, 0.3) is 11.0 Å². The summed E-state index contributed by atoms with van der Waals surface area (Å²) in [6.07, 6.45) is 3.99. The molecule has 1 aliphatic carbocycles. The van der Waals surface area contributed by atoms with Crippen LogP contribution in [0.1, 0.15) is 65.8 Å². The summed E-state index contributed by atoms with van der Waals surface area (Å²) in [7, 11) is -3.09. The van der Waals surface area contributed by atoms with Gasteiger partial charge < -0.3 is 10.2 Å². The highest BCUT2D eigenvalue weighted by Gasteiger charge is 2.34. The molecular weight excluding hydrogens is 466 g/mol. The molecule has 3 aromatic rings. The van der Waals surface area contributed by atoms with Crippen LogP contribution < -0.4 is 10.2 Å².